The minimum absolute atomic E-state index is 0.0121. The number of carboxylic acids is 1. The number of phenolic OH excluding ortho intramolecular Hbond substituents is 1. The van der Waals surface area contributed by atoms with Gasteiger partial charge in [0.1, 0.15) is 12.4 Å². The molecule has 1 atom stereocenters. The summed E-state index contributed by atoms with van der Waals surface area (Å²) in [5.74, 6) is -5.68. The molecule has 1 heterocycles. The molecule has 2 aromatic carbocycles. The van der Waals surface area contributed by atoms with Crippen LogP contribution in [0, 0.1) is 18.6 Å². The van der Waals surface area contributed by atoms with E-state index in [2.05, 4.69) is 5.32 Å². The van der Waals surface area contributed by atoms with E-state index in [4.69, 9.17) is 5.11 Å². The molecule has 3 aromatic rings. The van der Waals surface area contributed by atoms with Gasteiger partial charge < -0.3 is 15.5 Å². The van der Waals surface area contributed by atoms with Gasteiger partial charge in [0.15, 0.2) is 11.6 Å². The zero-order valence-corrected chi connectivity index (χ0v) is 16.1. The van der Waals surface area contributed by atoms with Crippen molar-refractivity contribution in [1.29, 1.82) is 0 Å². The van der Waals surface area contributed by atoms with Gasteiger partial charge in [0.05, 0.1) is 11.4 Å². The molecule has 0 fully saturated rings. The Bertz CT molecular complexity index is 1190. The fraction of sp³-hybridized carbons (Fsp3) is 0.190. The van der Waals surface area contributed by atoms with Gasteiger partial charge in [-0.15, -0.1) is 0 Å². The van der Waals surface area contributed by atoms with Crippen LogP contribution in [-0.4, -0.2) is 39.1 Å². The van der Waals surface area contributed by atoms with Crippen molar-refractivity contribution in [3.05, 3.63) is 64.9 Å². The van der Waals surface area contributed by atoms with Crippen molar-refractivity contribution in [2.75, 3.05) is 6.54 Å². The van der Waals surface area contributed by atoms with E-state index in [1.54, 1.807) is 0 Å². The highest BCUT2D eigenvalue weighted by Crippen LogP contribution is 2.36. The Morgan fingerprint density at radius 2 is 1.87 bits per heavy atom. The molecular formula is C21H18F2N2O5. The van der Waals surface area contributed by atoms with Crippen LogP contribution in [0.4, 0.5) is 8.78 Å². The average Bonchev–Trinajstić information content (AvgIpc) is 2.96. The second-order valence-corrected chi connectivity index (χ2v) is 6.80. The van der Waals surface area contributed by atoms with E-state index in [1.165, 1.54) is 32.0 Å². The summed E-state index contributed by atoms with van der Waals surface area (Å²) < 4.78 is 28.8. The van der Waals surface area contributed by atoms with Gasteiger partial charge in [-0.2, -0.15) is 0 Å². The van der Waals surface area contributed by atoms with Gasteiger partial charge in [0.2, 0.25) is 5.91 Å². The zero-order valence-electron chi connectivity index (χ0n) is 16.1. The molecule has 7 nitrogen and oxygen atoms in total. The number of rotatable bonds is 5. The highest BCUT2D eigenvalue weighted by Gasteiger charge is 2.28. The van der Waals surface area contributed by atoms with Gasteiger partial charge in [-0.25, -0.2) is 8.78 Å². The van der Waals surface area contributed by atoms with Crippen molar-refractivity contribution < 1.29 is 33.4 Å². The predicted molar refractivity (Wildman–Crippen MR) is 103 cm³/mol. The number of amides is 1. The van der Waals surface area contributed by atoms with Gasteiger partial charge in [0.25, 0.3) is 5.91 Å². The van der Waals surface area contributed by atoms with Gasteiger partial charge in [0, 0.05) is 22.7 Å². The summed E-state index contributed by atoms with van der Waals surface area (Å²) in [6.45, 7) is 2.43. The SMILES string of the molecule is Cc1c([C@H](C)C(=O)NCC(=O)O)c2cc(O)c(F)cc2n1C(=O)c1cccc(F)c1. The first-order valence-corrected chi connectivity index (χ1v) is 8.95. The number of nitrogens with one attached hydrogen (secondary N) is 1. The molecule has 0 aliphatic rings. The van der Waals surface area contributed by atoms with E-state index in [-0.39, 0.29) is 22.2 Å². The number of phenols is 1. The van der Waals surface area contributed by atoms with E-state index in [0.29, 0.717) is 5.56 Å². The van der Waals surface area contributed by atoms with Crippen LogP contribution in [0.2, 0.25) is 0 Å². The van der Waals surface area contributed by atoms with Crippen LogP contribution in [0.15, 0.2) is 36.4 Å². The van der Waals surface area contributed by atoms with Gasteiger partial charge in [-0.05, 0) is 43.7 Å². The topological polar surface area (TPSA) is 109 Å². The van der Waals surface area contributed by atoms with Crippen molar-refractivity contribution in [2.45, 2.75) is 19.8 Å². The average molecular weight is 416 g/mol. The van der Waals surface area contributed by atoms with Crippen LogP contribution in [-0.2, 0) is 9.59 Å². The summed E-state index contributed by atoms with van der Waals surface area (Å²) >= 11 is 0. The molecule has 0 radical (unpaired) electrons. The van der Waals surface area contributed by atoms with E-state index < -0.39 is 47.6 Å². The minimum atomic E-state index is -1.23. The summed E-state index contributed by atoms with van der Waals surface area (Å²) in [6, 6.07) is 7.03. The Kier molecular flexibility index (Phi) is 5.55. The van der Waals surface area contributed by atoms with E-state index in [1.807, 2.05) is 0 Å². The molecule has 1 amide bonds. The molecule has 0 bridgehead atoms. The molecular weight excluding hydrogens is 398 g/mol. The van der Waals surface area contributed by atoms with Crippen molar-refractivity contribution in [3.63, 3.8) is 0 Å². The van der Waals surface area contributed by atoms with Gasteiger partial charge in [-0.1, -0.05) is 6.07 Å². The molecule has 3 rings (SSSR count). The Balaban J connectivity index is 2.20. The second kappa shape index (κ2) is 7.94. The maximum Gasteiger partial charge on any atom is 0.322 e. The van der Waals surface area contributed by atoms with E-state index >= 15 is 0 Å². The van der Waals surface area contributed by atoms with Crippen LogP contribution in [0.25, 0.3) is 10.9 Å². The number of hydrogen-bond donors (Lipinski definition) is 3. The molecule has 156 valence electrons. The first-order chi connectivity index (χ1) is 14.1. The molecule has 3 N–H and O–H groups in total. The van der Waals surface area contributed by atoms with Gasteiger partial charge >= 0.3 is 5.97 Å². The maximum atomic E-state index is 14.1. The Hall–Kier alpha value is -3.75. The van der Waals surface area contributed by atoms with Crippen molar-refractivity contribution in [2.24, 2.45) is 0 Å². The lowest BCUT2D eigenvalue weighted by atomic mass is 9.97. The molecule has 9 heteroatoms. The third kappa shape index (κ3) is 3.73. The number of aliphatic carboxylic acids is 1. The number of aromatic hydroxyl groups is 1. The van der Waals surface area contributed by atoms with Crippen LogP contribution in [0.1, 0.15) is 34.5 Å². The normalized spacial score (nSPS) is 12.0. The summed E-state index contributed by atoms with van der Waals surface area (Å²) in [5.41, 5.74) is 0.693. The number of benzene rings is 2. The molecule has 0 unspecified atom stereocenters. The number of aromatic nitrogens is 1. The fourth-order valence-corrected chi connectivity index (χ4v) is 3.45. The lowest BCUT2D eigenvalue weighted by Crippen LogP contribution is -2.32. The summed E-state index contributed by atoms with van der Waals surface area (Å²) in [7, 11) is 0. The van der Waals surface area contributed by atoms with Crippen LogP contribution >= 0.6 is 0 Å². The fourth-order valence-electron chi connectivity index (χ4n) is 3.45. The Morgan fingerprint density at radius 1 is 1.17 bits per heavy atom. The smallest absolute Gasteiger partial charge is 0.322 e. The predicted octanol–water partition coefficient (Wildman–Crippen LogP) is 2.93. The maximum absolute atomic E-state index is 14.1. The third-order valence-electron chi connectivity index (χ3n) is 4.84. The first kappa shape index (κ1) is 21.0. The molecule has 0 aliphatic heterocycles. The largest absolute Gasteiger partial charge is 0.505 e. The lowest BCUT2D eigenvalue weighted by Gasteiger charge is -2.13. The Labute approximate surface area is 169 Å². The lowest BCUT2D eigenvalue weighted by molar-refractivity contribution is -0.138. The number of hydrogen-bond acceptors (Lipinski definition) is 4. The summed E-state index contributed by atoms with van der Waals surface area (Å²) in [5, 5.41) is 21.1. The number of fused-ring (bicyclic) bond motifs is 1. The van der Waals surface area contributed by atoms with Crippen molar-refractivity contribution >= 4 is 28.7 Å². The summed E-state index contributed by atoms with van der Waals surface area (Å²) in [4.78, 5) is 36.3. The molecule has 30 heavy (non-hydrogen) atoms. The molecule has 0 aliphatic carbocycles. The number of nitrogens with zero attached hydrogens (tertiary/aromatic N) is 1. The summed E-state index contributed by atoms with van der Waals surface area (Å²) in [6.07, 6.45) is 0. The monoisotopic (exact) mass is 416 g/mol. The van der Waals surface area contributed by atoms with Crippen molar-refractivity contribution in [3.8, 4) is 5.75 Å². The number of carboxylic acid groups (broad SMARTS) is 1. The third-order valence-corrected chi connectivity index (χ3v) is 4.84. The molecule has 0 saturated heterocycles. The van der Waals surface area contributed by atoms with Gasteiger partial charge in [-0.3, -0.25) is 19.0 Å². The van der Waals surface area contributed by atoms with E-state index in [9.17, 15) is 28.3 Å². The number of carbonyl (C=O) groups is 3. The zero-order chi connectivity index (χ0) is 22.2. The van der Waals surface area contributed by atoms with Crippen LogP contribution in [0.3, 0.4) is 0 Å². The molecule has 0 saturated carbocycles. The highest BCUT2D eigenvalue weighted by molar-refractivity contribution is 6.05. The van der Waals surface area contributed by atoms with E-state index in [0.717, 1.165) is 22.8 Å². The first-order valence-electron chi connectivity index (χ1n) is 8.95. The van der Waals surface area contributed by atoms with Crippen LogP contribution < -0.4 is 5.32 Å². The number of carbonyl (C=O) groups excluding carboxylic acids is 2. The minimum Gasteiger partial charge on any atom is -0.505 e. The Morgan fingerprint density at radius 3 is 2.50 bits per heavy atom. The molecule has 1 aromatic heterocycles. The van der Waals surface area contributed by atoms with Crippen molar-refractivity contribution in [1.82, 2.24) is 9.88 Å². The quantitative estimate of drug-likeness (QED) is 0.593. The standard InChI is InChI=1S/C21H18F2N2O5/c1-10(20(29)24-9-18(27)28)19-11(2)25(16-8-15(23)17(26)7-14(16)19)21(30)12-4-3-5-13(22)6-12/h3-8,10,26H,9H2,1-2H3,(H,24,29)(H,27,28)/t10-/m0/s1. The highest BCUT2D eigenvalue weighted by atomic mass is 19.1. The second-order valence-electron chi connectivity index (χ2n) is 6.80. The number of halogens is 2. The molecule has 0 spiro atoms. The van der Waals surface area contributed by atoms with Crippen LogP contribution in [0.5, 0.6) is 5.75 Å².